The summed E-state index contributed by atoms with van der Waals surface area (Å²) in [6.45, 7) is 3.67. The van der Waals surface area contributed by atoms with Gasteiger partial charge in [0.05, 0.1) is 0 Å². The van der Waals surface area contributed by atoms with Gasteiger partial charge in [-0.05, 0) is 0 Å². The molecule has 1 rings (SSSR count). The molecule has 1 amide bonds. The molecule has 1 heterocycles. The fraction of sp³-hybridized carbons (Fsp3) is 0.125. The highest BCUT2D eigenvalue weighted by molar-refractivity contribution is 5.93. The minimum atomic E-state index is -0.713. The number of aromatic amines is 2. The van der Waals surface area contributed by atoms with Crippen molar-refractivity contribution in [2.24, 2.45) is 0 Å². The number of hydrogen-bond acceptors (Lipinski definition) is 3. The summed E-state index contributed by atoms with van der Waals surface area (Å²) in [6.07, 6.45) is 2.55. The zero-order valence-corrected chi connectivity index (χ0v) is 7.29. The highest BCUT2D eigenvalue weighted by Gasteiger charge is 2.08. The van der Waals surface area contributed by atoms with Crippen LogP contribution in [0.4, 0.5) is 0 Å². The molecule has 0 fully saturated rings. The Labute approximate surface area is 78.7 Å². The Hall–Kier alpha value is -2.11. The van der Waals surface area contributed by atoms with Crippen LogP contribution in [0.15, 0.2) is 28.4 Å². The van der Waals surface area contributed by atoms with E-state index in [1.165, 1.54) is 6.08 Å². The molecule has 0 atom stereocenters. The summed E-state index contributed by atoms with van der Waals surface area (Å²) in [5.74, 6) is -0.553. The molecule has 74 valence electrons. The van der Waals surface area contributed by atoms with Crippen molar-refractivity contribution in [3.05, 3.63) is 45.3 Å². The Balaban J connectivity index is 2.96. The van der Waals surface area contributed by atoms with Gasteiger partial charge in [-0.2, -0.15) is 0 Å². The Bertz CT molecular complexity index is 457. The lowest BCUT2D eigenvalue weighted by Gasteiger charge is -1.99. The van der Waals surface area contributed by atoms with Crippen LogP contribution in [0.1, 0.15) is 10.4 Å². The average Bonchev–Trinajstić information content (AvgIpc) is 2.14. The van der Waals surface area contributed by atoms with Crippen molar-refractivity contribution < 1.29 is 4.79 Å². The quantitative estimate of drug-likeness (QED) is 0.539. The first kappa shape index (κ1) is 9.97. The molecule has 0 unspecified atom stereocenters. The van der Waals surface area contributed by atoms with E-state index < -0.39 is 17.2 Å². The van der Waals surface area contributed by atoms with E-state index in [1.807, 2.05) is 4.98 Å². The number of hydrogen-bond donors (Lipinski definition) is 3. The molecule has 1 aromatic heterocycles. The van der Waals surface area contributed by atoms with Crippen LogP contribution in [0, 0.1) is 0 Å². The number of rotatable bonds is 3. The molecule has 1 aromatic rings. The van der Waals surface area contributed by atoms with E-state index in [2.05, 4.69) is 16.9 Å². The first-order valence-electron chi connectivity index (χ1n) is 3.86. The standard InChI is InChI=1S/C8H9N3O3/c1-2-3-9-6(12)5-4-10-8(14)11-7(5)13/h2,4H,1,3H2,(H,9,12)(H2,10,11,13,14). The van der Waals surface area contributed by atoms with E-state index in [4.69, 9.17) is 0 Å². The normalized spacial score (nSPS) is 9.43. The summed E-state index contributed by atoms with van der Waals surface area (Å²) >= 11 is 0. The minimum absolute atomic E-state index is 0.133. The molecule has 0 aromatic carbocycles. The van der Waals surface area contributed by atoms with Gasteiger partial charge in [-0.3, -0.25) is 14.6 Å². The lowest BCUT2D eigenvalue weighted by Crippen LogP contribution is -2.33. The van der Waals surface area contributed by atoms with Crippen molar-refractivity contribution in [1.82, 2.24) is 15.3 Å². The number of aromatic nitrogens is 2. The molecule has 14 heavy (non-hydrogen) atoms. The molecule has 0 aliphatic carbocycles. The molecule has 3 N–H and O–H groups in total. The van der Waals surface area contributed by atoms with Crippen LogP contribution in [0.2, 0.25) is 0 Å². The van der Waals surface area contributed by atoms with Crippen LogP contribution in [0.5, 0.6) is 0 Å². The molecular formula is C8H9N3O3. The van der Waals surface area contributed by atoms with E-state index in [1.54, 1.807) is 0 Å². The van der Waals surface area contributed by atoms with Crippen molar-refractivity contribution >= 4 is 5.91 Å². The molecular weight excluding hydrogens is 186 g/mol. The third-order valence-electron chi connectivity index (χ3n) is 1.47. The Kier molecular flexibility index (Phi) is 3.01. The molecule has 0 aliphatic heterocycles. The second-order valence-electron chi connectivity index (χ2n) is 2.48. The molecule has 6 nitrogen and oxygen atoms in total. The predicted octanol–water partition coefficient (Wildman–Crippen LogP) is -1.02. The molecule has 6 heteroatoms. The summed E-state index contributed by atoms with van der Waals surface area (Å²) < 4.78 is 0. The van der Waals surface area contributed by atoms with Crippen LogP contribution in [-0.4, -0.2) is 22.4 Å². The van der Waals surface area contributed by atoms with Crippen molar-refractivity contribution in [1.29, 1.82) is 0 Å². The Morgan fingerprint density at radius 2 is 2.29 bits per heavy atom. The van der Waals surface area contributed by atoms with E-state index in [0.29, 0.717) is 0 Å². The molecule has 0 saturated heterocycles. The lowest BCUT2D eigenvalue weighted by molar-refractivity contribution is 0.0956. The molecule has 0 radical (unpaired) electrons. The molecule has 0 bridgehead atoms. The SMILES string of the molecule is C=CCNC(=O)c1c[nH]c(=O)[nH]c1=O. The van der Waals surface area contributed by atoms with E-state index in [-0.39, 0.29) is 12.1 Å². The average molecular weight is 195 g/mol. The van der Waals surface area contributed by atoms with Crippen LogP contribution in [0.25, 0.3) is 0 Å². The van der Waals surface area contributed by atoms with Crippen LogP contribution in [0.3, 0.4) is 0 Å². The van der Waals surface area contributed by atoms with Crippen molar-refractivity contribution in [2.45, 2.75) is 0 Å². The summed E-state index contributed by atoms with van der Waals surface area (Å²) in [5.41, 5.74) is -1.49. The third kappa shape index (κ3) is 2.19. The van der Waals surface area contributed by atoms with Crippen LogP contribution in [-0.2, 0) is 0 Å². The van der Waals surface area contributed by atoms with Crippen LogP contribution < -0.4 is 16.6 Å². The van der Waals surface area contributed by atoms with Gasteiger partial charge in [0.1, 0.15) is 5.56 Å². The van der Waals surface area contributed by atoms with Gasteiger partial charge in [-0.25, -0.2) is 4.79 Å². The maximum atomic E-state index is 11.2. The largest absolute Gasteiger partial charge is 0.348 e. The highest BCUT2D eigenvalue weighted by atomic mass is 16.2. The monoisotopic (exact) mass is 195 g/mol. The van der Waals surface area contributed by atoms with Crippen molar-refractivity contribution in [3.63, 3.8) is 0 Å². The zero-order chi connectivity index (χ0) is 10.6. The second-order valence-corrected chi connectivity index (χ2v) is 2.48. The van der Waals surface area contributed by atoms with Gasteiger partial charge in [0.15, 0.2) is 0 Å². The van der Waals surface area contributed by atoms with E-state index in [0.717, 1.165) is 6.20 Å². The van der Waals surface area contributed by atoms with Gasteiger partial charge in [0, 0.05) is 12.7 Å². The smallest absolute Gasteiger partial charge is 0.325 e. The topological polar surface area (TPSA) is 94.8 Å². The van der Waals surface area contributed by atoms with E-state index >= 15 is 0 Å². The maximum Gasteiger partial charge on any atom is 0.325 e. The number of H-pyrrole nitrogens is 2. The van der Waals surface area contributed by atoms with Crippen molar-refractivity contribution in [2.75, 3.05) is 6.54 Å². The first-order chi connectivity index (χ1) is 6.65. The lowest BCUT2D eigenvalue weighted by atomic mass is 10.3. The second kappa shape index (κ2) is 4.22. The fourth-order valence-corrected chi connectivity index (χ4v) is 0.839. The number of carbonyl (C=O) groups excluding carboxylic acids is 1. The van der Waals surface area contributed by atoms with Gasteiger partial charge < -0.3 is 10.3 Å². The van der Waals surface area contributed by atoms with Gasteiger partial charge in [0.25, 0.3) is 11.5 Å². The highest BCUT2D eigenvalue weighted by Crippen LogP contribution is 1.83. The third-order valence-corrected chi connectivity index (χ3v) is 1.47. The van der Waals surface area contributed by atoms with Gasteiger partial charge in [0.2, 0.25) is 0 Å². The Morgan fingerprint density at radius 1 is 1.57 bits per heavy atom. The first-order valence-corrected chi connectivity index (χ1v) is 3.86. The molecule has 0 aliphatic rings. The van der Waals surface area contributed by atoms with Gasteiger partial charge in [-0.15, -0.1) is 6.58 Å². The minimum Gasteiger partial charge on any atom is -0.348 e. The zero-order valence-electron chi connectivity index (χ0n) is 7.29. The fourth-order valence-electron chi connectivity index (χ4n) is 0.839. The summed E-state index contributed by atoms with van der Waals surface area (Å²) in [5, 5.41) is 2.41. The molecule has 0 saturated carbocycles. The number of nitrogens with one attached hydrogen (secondary N) is 3. The maximum absolute atomic E-state index is 11.2. The van der Waals surface area contributed by atoms with Crippen molar-refractivity contribution in [3.8, 4) is 0 Å². The number of carbonyl (C=O) groups is 1. The van der Waals surface area contributed by atoms with Crippen LogP contribution >= 0.6 is 0 Å². The van der Waals surface area contributed by atoms with Gasteiger partial charge in [-0.1, -0.05) is 6.08 Å². The van der Waals surface area contributed by atoms with E-state index in [9.17, 15) is 14.4 Å². The molecule has 0 spiro atoms. The Morgan fingerprint density at radius 3 is 2.86 bits per heavy atom. The summed E-state index contributed by atoms with van der Waals surface area (Å²) in [4.78, 5) is 37.1. The predicted molar refractivity (Wildman–Crippen MR) is 50.2 cm³/mol. The van der Waals surface area contributed by atoms with Gasteiger partial charge >= 0.3 is 5.69 Å². The summed E-state index contributed by atoms with van der Waals surface area (Å²) in [7, 11) is 0. The summed E-state index contributed by atoms with van der Waals surface area (Å²) in [6, 6.07) is 0. The number of amides is 1.